The number of alkyl halides is 3. The van der Waals surface area contributed by atoms with Gasteiger partial charge in [-0.2, -0.15) is 13.2 Å². The summed E-state index contributed by atoms with van der Waals surface area (Å²) < 4.78 is 51.2. The number of aromatic nitrogens is 2. The average molecular weight is 399 g/mol. The topological polar surface area (TPSA) is 64.5 Å². The van der Waals surface area contributed by atoms with Crippen LogP contribution in [-0.4, -0.2) is 65.4 Å². The molecule has 2 N–H and O–H groups in total. The number of aliphatic hydroxyl groups excluding tert-OH is 1. The third-order valence-electron chi connectivity index (χ3n) is 4.49. The summed E-state index contributed by atoms with van der Waals surface area (Å²) >= 11 is 0. The Labute approximate surface area is 159 Å². The molecule has 10 heteroatoms. The monoisotopic (exact) mass is 399 g/mol. The van der Waals surface area contributed by atoms with Crippen molar-refractivity contribution in [2.24, 2.45) is 0 Å². The van der Waals surface area contributed by atoms with E-state index in [1.54, 1.807) is 18.2 Å². The van der Waals surface area contributed by atoms with E-state index in [-0.39, 0.29) is 25.2 Å². The summed E-state index contributed by atoms with van der Waals surface area (Å²) in [5.41, 5.74) is 0.185. The minimum absolute atomic E-state index is 0.0523. The van der Waals surface area contributed by atoms with Crippen LogP contribution >= 0.6 is 0 Å². The first kappa shape index (κ1) is 20.3. The SMILES string of the molecule is OC(CNc1cc(N2CCN(CC(F)(F)F)CC2)ncn1)c1ccccc1F. The summed E-state index contributed by atoms with van der Waals surface area (Å²) in [5.74, 6) is 0.541. The third kappa shape index (κ3) is 5.52. The lowest BCUT2D eigenvalue weighted by atomic mass is 10.1. The fourth-order valence-electron chi connectivity index (χ4n) is 3.06. The van der Waals surface area contributed by atoms with Crippen molar-refractivity contribution in [3.05, 3.63) is 48.0 Å². The number of rotatable bonds is 6. The van der Waals surface area contributed by atoms with Gasteiger partial charge in [0.1, 0.15) is 23.8 Å². The normalized spacial score (nSPS) is 16.8. The fraction of sp³-hybridized carbons (Fsp3) is 0.444. The molecule has 6 nitrogen and oxygen atoms in total. The molecule has 0 radical (unpaired) electrons. The third-order valence-corrected chi connectivity index (χ3v) is 4.49. The molecular weight excluding hydrogens is 378 g/mol. The Morgan fingerprint density at radius 1 is 1.11 bits per heavy atom. The second-order valence-corrected chi connectivity index (χ2v) is 6.56. The van der Waals surface area contributed by atoms with E-state index in [0.717, 1.165) is 0 Å². The van der Waals surface area contributed by atoms with Crippen LogP contribution < -0.4 is 10.2 Å². The quantitative estimate of drug-likeness (QED) is 0.728. The van der Waals surface area contributed by atoms with E-state index in [0.29, 0.717) is 24.7 Å². The van der Waals surface area contributed by atoms with Crippen molar-refractivity contribution in [1.82, 2.24) is 14.9 Å². The van der Waals surface area contributed by atoms with Gasteiger partial charge in [-0.3, -0.25) is 4.90 Å². The van der Waals surface area contributed by atoms with Crippen LogP contribution in [0.5, 0.6) is 0 Å². The van der Waals surface area contributed by atoms with E-state index in [2.05, 4.69) is 15.3 Å². The number of aliphatic hydroxyl groups is 1. The van der Waals surface area contributed by atoms with Gasteiger partial charge in [-0.25, -0.2) is 14.4 Å². The van der Waals surface area contributed by atoms with Gasteiger partial charge in [0.2, 0.25) is 0 Å². The number of benzene rings is 1. The Morgan fingerprint density at radius 3 is 2.50 bits per heavy atom. The summed E-state index contributed by atoms with van der Waals surface area (Å²) in [6.45, 7) is 0.563. The van der Waals surface area contributed by atoms with E-state index >= 15 is 0 Å². The highest BCUT2D eigenvalue weighted by Gasteiger charge is 2.32. The van der Waals surface area contributed by atoms with Crippen molar-refractivity contribution >= 4 is 11.6 Å². The van der Waals surface area contributed by atoms with Gasteiger partial charge in [0.25, 0.3) is 0 Å². The molecule has 1 aromatic carbocycles. The summed E-state index contributed by atoms with van der Waals surface area (Å²) in [6.07, 6.45) is -3.91. The van der Waals surface area contributed by atoms with Crippen LogP contribution in [0.4, 0.5) is 29.2 Å². The van der Waals surface area contributed by atoms with Crippen molar-refractivity contribution < 1.29 is 22.7 Å². The highest BCUT2D eigenvalue weighted by atomic mass is 19.4. The van der Waals surface area contributed by atoms with Crippen molar-refractivity contribution in [3.8, 4) is 0 Å². The molecule has 28 heavy (non-hydrogen) atoms. The number of nitrogens with zero attached hydrogens (tertiary/aromatic N) is 4. The smallest absolute Gasteiger partial charge is 0.386 e. The van der Waals surface area contributed by atoms with E-state index in [9.17, 15) is 22.7 Å². The zero-order chi connectivity index (χ0) is 20.1. The molecule has 1 aliphatic heterocycles. The minimum atomic E-state index is -4.20. The molecule has 1 saturated heterocycles. The van der Waals surface area contributed by atoms with Crippen LogP contribution in [0.3, 0.4) is 0 Å². The lowest BCUT2D eigenvalue weighted by Gasteiger charge is -2.35. The largest absolute Gasteiger partial charge is 0.401 e. The second kappa shape index (κ2) is 8.70. The number of halogens is 4. The first-order valence-corrected chi connectivity index (χ1v) is 8.84. The highest BCUT2D eigenvalue weighted by Crippen LogP contribution is 2.21. The van der Waals surface area contributed by atoms with E-state index < -0.39 is 24.6 Å². The predicted octanol–water partition coefficient (Wildman–Crippen LogP) is 2.45. The van der Waals surface area contributed by atoms with E-state index in [1.165, 1.54) is 23.4 Å². The number of nitrogens with one attached hydrogen (secondary N) is 1. The maximum absolute atomic E-state index is 13.7. The number of hydrogen-bond donors (Lipinski definition) is 2. The number of piperazine rings is 1. The van der Waals surface area contributed by atoms with Gasteiger partial charge in [-0.15, -0.1) is 0 Å². The summed E-state index contributed by atoms with van der Waals surface area (Å²) in [7, 11) is 0. The lowest BCUT2D eigenvalue weighted by molar-refractivity contribution is -0.146. The van der Waals surface area contributed by atoms with Crippen LogP contribution in [0.15, 0.2) is 36.7 Å². The maximum atomic E-state index is 13.7. The molecule has 0 bridgehead atoms. The minimum Gasteiger partial charge on any atom is -0.386 e. The highest BCUT2D eigenvalue weighted by molar-refractivity contribution is 5.49. The Morgan fingerprint density at radius 2 is 1.82 bits per heavy atom. The first-order valence-electron chi connectivity index (χ1n) is 8.84. The molecular formula is C18H21F4N5O. The molecule has 3 rings (SSSR count). The molecule has 0 spiro atoms. The van der Waals surface area contributed by atoms with Gasteiger partial charge >= 0.3 is 6.18 Å². The first-order chi connectivity index (χ1) is 13.3. The standard InChI is InChI=1S/C18H21F4N5O/c19-14-4-2-1-3-13(14)15(28)10-23-16-9-17(25-12-24-16)27-7-5-26(6-8-27)11-18(20,21)22/h1-4,9,12,15,28H,5-8,10-11H2,(H,23,24,25). The van der Waals surface area contributed by atoms with Crippen molar-refractivity contribution in [1.29, 1.82) is 0 Å². The van der Waals surface area contributed by atoms with Crippen molar-refractivity contribution in [3.63, 3.8) is 0 Å². The molecule has 152 valence electrons. The molecule has 2 aromatic rings. The van der Waals surface area contributed by atoms with Crippen LogP contribution in [0.2, 0.25) is 0 Å². The lowest BCUT2D eigenvalue weighted by Crippen LogP contribution is -2.49. The van der Waals surface area contributed by atoms with Crippen LogP contribution in [0.1, 0.15) is 11.7 Å². The van der Waals surface area contributed by atoms with E-state index in [1.807, 2.05) is 4.90 Å². The molecule has 1 fully saturated rings. The zero-order valence-electron chi connectivity index (χ0n) is 15.0. The summed E-state index contributed by atoms with van der Waals surface area (Å²) in [4.78, 5) is 11.5. The van der Waals surface area contributed by atoms with Crippen molar-refractivity contribution in [2.45, 2.75) is 12.3 Å². The van der Waals surface area contributed by atoms with E-state index in [4.69, 9.17) is 0 Å². The molecule has 1 atom stereocenters. The second-order valence-electron chi connectivity index (χ2n) is 6.56. The molecule has 2 heterocycles. The molecule has 1 aromatic heterocycles. The molecule has 0 aliphatic carbocycles. The van der Waals surface area contributed by atoms with Crippen molar-refractivity contribution in [2.75, 3.05) is 49.5 Å². The van der Waals surface area contributed by atoms with Gasteiger partial charge in [-0.1, -0.05) is 18.2 Å². The summed E-state index contributed by atoms with van der Waals surface area (Å²) in [6, 6.07) is 7.63. The van der Waals surface area contributed by atoms with Crippen LogP contribution in [0.25, 0.3) is 0 Å². The van der Waals surface area contributed by atoms with Gasteiger partial charge < -0.3 is 15.3 Å². The zero-order valence-corrected chi connectivity index (χ0v) is 15.0. The molecule has 0 saturated carbocycles. The number of hydrogen-bond acceptors (Lipinski definition) is 6. The average Bonchev–Trinajstić information content (AvgIpc) is 2.66. The van der Waals surface area contributed by atoms with Gasteiger partial charge in [0, 0.05) is 44.4 Å². The van der Waals surface area contributed by atoms with Crippen LogP contribution in [-0.2, 0) is 0 Å². The van der Waals surface area contributed by atoms with Gasteiger partial charge in [-0.05, 0) is 6.07 Å². The molecule has 0 amide bonds. The predicted molar refractivity (Wildman–Crippen MR) is 96.6 cm³/mol. The van der Waals surface area contributed by atoms with Crippen LogP contribution in [0, 0.1) is 5.82 Å². The summed E-state index contributed by atoms with van der Waals surface area (Å²) in [5, 5.41) is 13.1. The fourth-order valence-corrected chi connectivity index (χ4v) is 3.06. The van der Waals surface area contributed by atoms with Gasteiger partial charge in [0.15, 0.2) is 0 Å². The van der Waals surface area contributed by atoms with Gasteiger partial charge in [0.05, 0.1) is 12.6 Å². The molecule has 1 unspecified atom stereocenters. The molecule has 1 aliphatic rings. The maximum Gasteiger partial charge on any atom is 0.401 e. The Balaban J connectivity index is 1.55. The Bertz CT molecular complexity index is 781. The number of anilines is 2. The Kier molecular flexibility index (Phi) is 6.30. The Hall–Kier alpha value is -2.46.